The molecule has 0 spiro atoms. The van der Waals surface area contributed by atoms with Crippen molar-refractivity contribution in [3.63, 3.8) is 0 Å². The van der Waals surface area contributed by atoms with Crippen molar-refractivity contribution < 1.29 is 13.5 Å². The highest BCUT2D eigenvalue weighted by Gasteiger charge is 2.42. The van der Waals surface area contributed by atoms with Gasteiger partial charge in [0.25, 0.3) is 0 Å². The Labute approximate surface area is 118 Å². The molecular weight excluding hydrogens is 278 g/mol. The molecule has 5 N–H and O–H groups in total. The SMILES string of the molecule is Nc1ccc(S(N)(=O)=O)cc1N1CC2CCC(O)C2C1. The Bertz CT molecular complexity index is 632. The molecule has 1 aliphatic carbocycles. The molecule has 2 fully saturated rings. The lowest BCUT2D eigenvalue weighted by molar-refractivity contribution is 0.133. The van der Waals surface area contributed by atoms with E-state index in [1.165, 1.54) is 12.1 Å². The molecule has 110 valence electrons. The first-order valence-electron chi connectivity index (χ1n) is 6.71. The first-order valence-corrected chi connectivity index (χ1v) is 8.26. The molecular formula is C13H19N3O3S. The minimum atomic E-state index is -3.73. The summed E-state index contributed by atoms with van der Waals surface area (Å²) < 4.78 is 22.9. The summed E-state index contributed by atoms with van der Waals surface area (Å²) >= 11 is 0. The second-order valence-corrected chi connectivity index (χ2v) is 7.30. The number of nitrogens with zero attached hydrogens (tertiary/aromatic N) is 1. The highest BCUT2D eigenvalue weighted by molar-refractivity contribution is 7.89. The van der Waals surface area contributed by atoms with Gasteiger partial charge in [0.2, 0.25) is 10.0 Å². The first-order chi connectivity index (χ1) is 9.36. The lowest BCUT2D eigenvalue weighted by Crippen LogP contribution is -2.25. The van der Waals surface area contributed by atoms with Gasteiger partial charge >= 0.3 is 0 Å². The van der Waals surface area contributed by atoms with E-state index in [0.717, 1.165) is 19.4 Å². The molecule has 0 aromatic heterocycles. The van der Waals surface area contributed by atoms with Gasteiger partial charge in [0.15, 0.2) is 0 Å². The van der Waals surface area contributed by atoms with Crippen LogP contribution in [0.1, 0.15) is 12.8 Å². The summed E-state index contributed by atoms with van der Waals surface area (Å²) in [6.07, 6.45) is 1.61. The molecule has 1 aliphatic heterocycles. The number of primary sulfonamides is 1. The van der Waals surface area contributed by atoms with Gasteiger partial charge in [-0.15, -0.1) is 0 Å². The molecule has 2 aliphatic rings. The van der Waals surface area contributed by atoms with Gasteiger partial charge in [-0.25, -0.2) is 13.6 Å². The molecule has 0 amide bonds. The molecule has 1 heterocycles. The van der Waals surface area contributed by atoms with Crippen LogP contribution in [0.2, 0.25) is 0 Å². The first kappa shape index (κ1) is 13.7. The number of rotatable bonds is 2. The fraction of sp³-hybridized carbons (Fsp3) is 0.538. The predicted molar refractivity (Wildman–Crippen MR) is 76.7 cm³/mol. The standard InChI is InChI=1S/C13H19N3O3S/c14-11-3-2-9(20(15,18)19)5-12(11)16-6-8-1-4-13(17)10(8)7-16/h2-3,5,8,10,13,17H,1,4,6-7,14H2,(H2,15,18,19). The van der Waals surface area contributed by atoms with Gasteiger partial charge in [-0.3, -0.25) is 0 Å². The summed E-state index contributed by atoms with van der Waals surface area (Å²) in [6, 6.07) is 4.51. The molecule has 1 saturated heterocycles. The minimum Gasteiger partial charge on any atom is -0.397 e. The van der Waals surface area contributed by atoms with Crippen molar-refractivity contribution >= 4 is 21.4 Å². The topological polar surface area (TPSA) is 110 Å². The van der Waals surface area contributed by atoms with Crippen LogP contribution in [0.5, 0.6) is 0 Å². The zero-order chi connectivity index (χ0) is 14.5. The molecule has 3 atom stereocenters. The third kappa shape index (κ3) is 2.25. The van der Waals surface area contributed by atoms with Gasteiger partial charge in [0, 0.05) is 19.0 Å². The van der Waals surface area contributed by atoms with Crippen molar-refractivity contribution in [3.8, 4) is 0 Å². The maximum atomic E-state index is 11.4. The molecule has 1 saturated carbocycles. The zero-order valence-electron chi connectivity index (χ0n) is 11.1. The van der Waals surface area contributed by atoms with Crippen molar-refractivity contribution in [1.82, 2.24) is 0 Å². The lowest BCUT2D eigenvalue weighted by Gasteiger charge is -2.22. The largest absolute Gasteiger partial charge is 0.397 e. The van der Waals surface area contributed by atoms with E-state index in [-0.39, 0.29) is 16.9 Å². The fourth-order valence-corrected chi connectivity index (χ4v) is 3.94. The van der Waals surface area contributed by atoms with Crippen LogP contribution >= 0.6 is 0 Å². The maximum Gasteiger partial charge on any atom is 0.238 e. The molecule has 3 rings (SSSR count). The average Bonchev–Trinajstić information content (AvgIpc) is 2.91. The Morgan fingerprint density at radius 3 is 2.65 bits per heavy atom. The summed E-state index contributed by atoms with van der Waals surface area (Å²) in [5.41, 5.74) is 7.18. The van der Waals surface area contributed by atoms with Gasteiger partial charge < -0.3 is 15.7 Å². The number of fused-ring (bicyclic) bond motifs is 1. The zero-order valence-corrected chi connectivity index (χ0v) is 11.9. The van der Waals surface area contributed by atoms with E-state index in [4.69, 9.17) is 10.9 Å². The Balaban J connectivity index is 1.91. The lowest BCUT2D eigenvalue weighted by atomic mass is 10.00. The number of benzene rings is 1. The van der Waals surface area contributed by atoms with Crippen LogP contribution in [0.15, 0.2) is 23.1 Å². The number of nitrogen functional groups attached to an aromatic ring is 1. The van der Waals surface area contributed by atoms with Crippen molar-refractivity contribution in [2.75, 3.05) is 23.7 Å². The number of hydrogen-bond acceptors (Lipinski definition) is 5. The number of hydrogen-bond donors (Lipinski definition) is 3. The monoisotopic (exact) mass is 297 g/mol. The van der Waals surface area contributed by atoms with Crippen LogP contribution in [0.4, 0.5) is 11.4 Å². The van der Waals surface area contributed by atoms with Crippen LogP contribution in [-0.2, 0) is 10.0 Å². The summed E-state index contributed by atoms with van der Waals surface area (Å²) in [6.45, 7) is 1.52. The maximum absolute atomic E-state index is 11.4. The smallest absolute Gasteiger partial charge is 0.238 e. The van der Waals surface area contributed by atoms with Crippen molar-refractivity contribution in [2.24, 2.45) is 17.0 Å². The molecule has 0 bridgehead atoms. The van der Waals surface area contributed by atoms with Gasteiger partial charge in [-0.1, -0.05) is 0 Å². The highest BCUT2D eigenvalue weighted by Crippen LogP contribution is 2.41. The Kier molecular flexibility index (Phi) is 3.15. The van der Waals surface area contributed by atoms with E-state index in [0.29, 0.717) is 23.8 Å². The summed E-state index contributed by atoms with van der Waals surface area (Å²) in [5, 5.41) is 15.1. The minimum absolute atomic E-state index is 0.0688. The van der Waals surface area contributed by atoms with Crippen molar-refractivity contribution in [1.29, 1.82) is 0 Å². The van der Waals surface area contributed by atoms with Crippen LogP contribution in [0.3, 0.4) is 0 Å². The molecule has 20 heavy (non-hydrogen) atoms. The third-order valence-electron chi connectivity index (χ3n) is 4.49. The summed E-state index contributed by atoms with van der Waals surface area (Å²) in [4.78, 5) is 2.13. The molecule has 0 radical (unpaired) electrons. The number of aliphatic hydroxyl groups is 1. The third-order valence-corrected chi connectivity index (χ3v) is 5.40. The van der Waals surface area contributed by atoms with Crippen LogP contribution in [-0.4, -0.2) is 32.7 Å². The Hall–Kier alpha value is -1.31. The van der Waals surface area contributed by atoms with Crippen LogP contribution in [0, 0.1) is 11.8 Å². The normalized spacial score (nSPS) is 29.7. The van der Waals surface area contributed by atoms with E-state index < -0.39 is 10.0 Å². The Morgan fingerprint density at radius 1 is 1.25 bits per heavy atom. The van der Waals surface area contributed by atoms with Crippen LogP contribution < -0.4 is 15.8 Å². The quantitative estimate of drug-likeness (QED) is 0.672. The van der Waals surface area contributed by atoms with E-state index in [1.54, 1.807) is 6.07 Å². The number of anilines is 2. The fourth-order valence-electron chi connectivity index (χ4n) is 3.41. The van der Waals surface area contributed by atoms with E-state index in [1.807, 2.05) is 0 Å². The second-order valence-electron chi connectivity index (χ2n) is 5.74. The second kappa shape index (κ2) is 4.61. The summed E-state index contributed by atoms with van der Waals surface area (Å²) in [5.74, 6) is 0.718. The number of aliphatic hydroxyl groups excluding tert-OH is 1. The van der Waals surface area contributed by atoms with E-state index in [9.17, 15) is 13.5 Å². The van der Waals surface area contributed by atoms with Gasteiger partial charge in [0.05, 0.1) is 22.4 Å². The molecule has 1 aromatic rings. The number of sulfonamides is 1. The predicted octanol–water partition coefficient (Wildman–Crippen LogP) is 0.123. The van der Waals surface area contributed by atoms with Gasteiger partial charge in [0.1, 0.15) is 0 Å². The Morgan fingerprint density at radius 2 is 2.00 bits per heavy atom. The molecule has 7 heteroatoms. The van der Waals surface area contributed by atoms with E-state index >= 15 is 0 Å². The van der Waals surface area contributed by atoms with E-state index in [2.05, 4.69) is 4.90 Å². The van der Waals surface area contributed by atoms with Crippen LogP contribution in [0.25, 0.3) is 0 Å². The molecule has 3 unspecified atom stereocenters. The van der Waals surface area contributed by atoms with Crippen molar-refractivity contribution in [2.45, 2.75) is 23.8 Å². The molecule has 6 nitrogen and oxygen atoms in total. The summed E-state index contributed by atoms with van der Waals surface area (Å²) in [7, 11) is -3.73. The average molecular weight is 297 g/mol. The molecule has 1 aromatic carbocycles. The van der Waals surface area contributed by atoms with Crippen molar-refractivity contribution in [3.05, 3.63) is 18.2 Å². The number of nitrogens with two attached hydrogens (primary N) is 2. The van der Waals surface area contributed by atoms with Gasteiger partial charge in [-0.05, 0) is 37.0 Å². The highest BCUT2D eigenvalue weighted by atomic mass is 32.2. The van der Waals surface area contributed by atoms with Gasteiger partial charge in [-0.2, -0.15) is 0 Å².